The van der Waals surface area contributed by atoms with E-state index in [2.05, 4.69) is 5.10 Å². The number of rotatable bonds is 8. The lowest BCUT2D eigenvalue weighted by molar-refractivity contribution is 0.180. The van der Waals surface area contributed by atoms with Crippen LogP contribution in [0.25, 0.3) is 16.6 Å². The monoisotopic (exact) mass is 487 g/mol. The van der Waals surface area contributed by atoms with Crippen molar-refractivity contribution in [1.29, 1.82) is 0 Å². The highest BCUT2D eigenvalue weighted by Gasteiger charge is 2.19. The molecule has 5 nitrogen and oxygen atoms in total. The van der Waals surface area contributed by atoms with Crippen LogP contribution in [-0.2, 0) is 16.6 Å². The van der Waals surface area contributed by atoms with Gasteiger partial charge in [-0.1, -0.05) is 31.2 Å². The van der Waals surface area contributed by atoms with Crippen LogP contribution >= 0.6 is 12.4 Å². The second-order valence-electron chi connectivity index (χ2n) is 7.77. The fraction of sp³-hybridized carbons (Fsp3) is 0.240. The topological polar surface area (TPSA) is 70.1 Å². The summed E-state index contributed by atoms with van der Waals surface area (Å²) >= 11 is 0. The lowest BCUT2D eigenvalue weighted by Crippen LogP contribution is -2.29. The number of benzene rings is 3. The standard InChI is InChI=1S/C25H26FN3O2S.ClH/c1-3-32(30)16-18-4-6-19(7-5-18)25(17(2)27)31-23-12-13-24-20(14-23)15-28-29(24)22-10-8-21(26)9-11-22;/h4-15,17,25H,3,16,27H2,1-2H3;1H/t17-,25-,32?;/m0./s1. The van der Waals surface area contributed by atoms with Crippen molar-refractivity contribution in [3.63, 3.8) is 0 Å². The Morgan fingerprint density at radius 1 is 1.09 bits per heavy atom. The molecule has 1 unspecified atom stereocenters. The fourth-order valence-corrected chi connectivity index (χ4v) is 4.36. The van der Waals surface area contributed by atoms with E-state index in [1.807, 2.05) is 56.3 Å². The van der Waals surface area contributed by atoms with Gasteiger partial charge in [0.25, 0.3) is 0 Å². The van der Waals surface area contributed by atoms with E-state index >= 15 is 0 Å². The van der Waals surface area contributed by atoms with Gasteiger partial charge in [-0.05, 0) is 60.5 Å². The molecular formula is C25H27ClFN3O2S. The molecule has 0 aliphatic carbocycles. The molecule has 0 radical (unpaired) electrons. The SMILES string of the molecule is CCS(=O)Cc1ccc([C@@H](Oc2ccc3c(cnn3-c3ccc(F)cc3)c2)[C@H](C)N)cc1.Cl. The van der Waals surface area contributed by atoms with Crippen molar-refractivity contribution in [2.75, 3.05) is 5.75 Å². The highest BCUT2D eigenvalue weighted by Crippen LogP contribution is 2.28. The molecule has 33 heavy (non-hydrogen) atoms. The molecule has 2 N–H and O–H groups in total. The van der Waals surface area contributed by atoms with Crippen LogP contribution in [0.4, 0.5) is 4.39 Å². The van der Waals surface area contributed by atoms with Gasteiger partial charge in [-0.3, -0.25) is 4.21 Å². The smallest absolute Gasteiger partial charge is 0.138 e. The first-order chi connectivity index (χ1) is 15.4. The zero-order valence-electron chi connectivity index (χ0n) is 18.5. The maximum atomic E-state index is 13.2. The maximum absolute atomic E-state index is 13.2. The molecule has 4 aromatic rings. The Kier molecular flexibility index (Phi) is 8.24. The van der Waals surface area contributed by atoms with Gasteiger partial charge in [0, 0.05) is 33.7 Å². The number of aromatic nitrogens is 2. The molecule has 3 aromatic carbocycles. The lowest BCUT2D eigenvalue weighted by atomic mass is 10.0. The van der Waals surface area contributed by atoms with Crippen molar-refractivity contribution < 1.29 is 13.3 Å². The third-order valence-electron chi connectivity index (χ3n) is 5.31. The minimum Gasteiger partial charge on any atom is -0.484 e. The molecule has 1 heterocycles. The van der Waals surface area contributed by atoms with Crippen molar-refractivity contribution in [2.24, 2.45) is 5.73 Å². The largest absolute Gasteiger partial charge is 0.484 e. The average Bonchev–Trinajstić information content (AvgIpc) is 3.21. The lowest BCUT2D eigenvalue weighted by Gasteiger charge is -2.23. The third-order valence-corrected chi connectivity index (χ3v) is 6.61. The predicted molar refractivity (Wildman–Crippen MR) is 134 cm³/mol. The summed E-state index contributed by atoms with van der Waals surface area (Å²) in [6.07, 6.45) is 1.43. The number of nitrogens with zero attached hydrogens (tertiary/aromatic N) is 2. The molecule has 0 saturated heterocycles. The van der Waals surface area contributed by atoms with Crippen LogP contribution < -0.4 is 10.5 Å². The zero-order chi connectivity index (χ0) is 22.7. The van der Waals surface area contributed by atoms with Gasteiger partial charge in [0.2, 0.25) is 0 Å². The van der Waals surface area contributed by atoms with E-state index in [1.165, 1.54) is 12.1 Å². The van der Waals surface area contributed by atoms with Crippen molar-refractivity contribution in [2.45, 2.75) is 31.7 Å². The first-order valence-electron chi connectivity index (χ1n) is 10.5. The van der Waals surface area contributed by atoms with Gasteiger partial charge in [0.1, 0.15) is 17.7 Å². The van der Waals surface area contributed by atoms with Gasteiger partial charge in [0.15, 0.2) is 0 Å². The molecule has 0 aliphatic heterocycles. The van der Waals surface area contributed by atoms with E-state index in [-0.39, 0.29) is 30.4 Å². The van der Waals surface area contributed by atoms with Gasteiger partial charge >= 0.3 is 0 Å². The molecule has 1 aromatic heterocycles. The van der Waals surface area contributed by atoms with Gasteiger partial charge in [-0.15, -0.1) is 12.4 Å². The second kappa shape index (κ2) is 10.9. The molecule has 0 fully saturated rings. The number of hydrogen-bond acceptors (Lipinski definition) is 4. The molecule has 0 aliphatic rings. The fourth-order valence-electron chi connectivity index (χ4n) is 3.59. The van der Waals surface area contributed by atoms with Crippen LogP contribution in [0.5, 0.6) is 5.75 Å². The highest BCUT2D eigenvalue weighted by molar-refractivity contribution is 7.84. The molecule has 0 amide bonds. The van der Waals surface area contributed by atoms with E-state index in [1.54, 1.807) is 23.0 Å². The third kappa shape index (κ3) is 5.79. The normalized spacial score (nSPS) is 13.8. The summed E-state index contributed by atoms with van der Waals surface area (Å²) in [6, 6.07) is 19.7. The predicted octanol–water partition coefficient (Wildman–Crippen LogP) is 5.32. The van der Waals surface area contributed by atoms with Gasteiger partial charge in [-0.2, -0.15) is 5.10 Å². The van der Waals surface area contributed by atoms with Crippen molar-refractivity contribution >= 4 is 34.1 Å². The Labute approximate surface area is 201 Å². The molecule has 8 heteroatoms. The number of ether oxygens (including phenoxy) is 1. The summed E-state index contributed by atoms with van der Waals surface area (Å²) in [7, 11) is -0.845. The number of fused-ring (bicyclic) bond motifs is 1. The molecular weight excluding hydrogens is 461 g/mol. The summed E-state index contributed by atoms with van der Waals surface area (Å²) < 4.78 is 33.1. The Bertz CT molecular complexity index is 1230. The minimum absolute atomic E-state index is 0. The van der Waals surface area contributed by atoms with Gasteiger partial charge in [-0.25, -0.2) is 9.07 Å². The first kappa shape index (κ1) is 24.9. The Hall–Kier alpha value is -2.74. The van der Waals surface area contributed by atoms with Crippen LogP contribution in [0.1, 0.15) is 31.1 Å². The number of halogens is 2. The van der Waals surface area contributed by atoms with Crippen LogP contribution in [-0.4, -0.2) is 25.8 Å². The van der Waals surface area contributed by atoms with Crippen LogP contribution in [0.15, 0.2) is 72.9 Å². The molecule has 174 valence electrons. The zero-order valence-corrected chi connectivity index (χ0v) is 20.1. The molecule has 0 saturated carbocycles. The molecule has 0 bridgehead atoms. The van der Waals surface area contributed by atoms with Crippen molar-refractivity contribution in [1.82, 2.24) is 9.78 Å². The summed E-state index contributed by atoms with van der Waals surface area (Å²) in [6.45, 7) is 3.83. The van der Waals surface area contributed by atoms with Crippen molar-refractivity contribution in [3.05, 3.63) is 89.9 Å². The van der Waals surface area contributed by atoms with E-state index in [0.717, 1.165) is 27.7 Å². The van der Waals surface area contributed by atoms with E-state index in [0.29, 0.717) is 17.3 Å². The Balaban J connectivity index is 0.00000306. The minimum atomic E-state index is -0.845. The highest BCUT2D eigenvalue weighted by atomic mass is 35.5. The summed E-state index contributed by atoms with van der Waals surface area (Å²) in [5, 5.41) is 5.35. The summed E-state index contributed by atoms with van der Waals surface area (Å²) in [5.41, 5.74) is 9.92. The van der Waals surface area contributed by atoms with Crippen LogP contribution in [0.3, 0.4) is 0 Å². The quantitative estimate of drug-likeness (QED) is 0.365. The van der Waals surface area contributed by atoms with Gasteiger partial charge in [0.05, 0.1) is 17.4 Å². The van der Waals surface area contributed by atoms with Crippen molar-refractivity contribution in [3.8, 4) is 11.4 Å². The van der Waals surface area contributed by atoms with E-state index in [4.69, 9.17) is 10.5 Å². The summed E-state index contributed by atoms with van der Waals surface area (Å²) in [5.74, 6) is 1.60. The Morgan fingerprint density at radius 3 is 2.42 bits per heavy atom. The van der Waals surface area contributed by atoms with Crippen LogP contribution in [0.2, 0.25) is 0 Å². The van der Waals surface area contributed by atoms with E-state index in [9.17, 15) is 8.60 Å². The first-order valence-corrected chi connectivity index (χ1v) is 12.0. The maximum Gasteiger partial charge on any atom is 0.138 e. The number of hydrogen-bond donors (Lipinski definition) is 1. The molecule has 4 rings (SSSR count). The van der Waals surface area contributed by atoms with Crippen LogP contribution in [0, 0.1) is 5.82 Å². The molecule has 0 spiro atoms. The van der Waals surface area contributed by atoms with E-state index < -0.39 is 10.8 Å². The molecule has 3 atom stereocenters. The second-order valence-corrected chi connectivity index (χ2v) is 9.51. The Morgan fingerprint density at radius 2 is 1.79 bits per heavy atom. The number of nitrogens with two attached hydrogens (primary N) is 1. The average molecular weight is 488 g/mol. The van der Waals surface area contributed by atoms with Gasteiger partial charge < -0.3 is 10.5 Å². The summed E-state index contributed by atoms with van der Waals surface area (Å²) in [4.78, 5) is 0.